The summed E-state index contributed by atoms with van der Waals surface area (Å²) in [5.41, 5.74) is 15.4. The van der Waals surface area contributed by atoms with Crippen LogP contribution < -0.4 is 11.5 Å². The van der Waals surface area contributed by atoms with E-state index in [4.69, 9.17) is 11.5 Å². The predicted octanol–water partition coefficient (Wildman–Crippen LogP) is 2.60. The van der Waals surface area contributed by atoms with Gasteiger partial charge in [0.15, 0.2) is 0 Å². The van der Waals surface area contributed by atoms with Crippen LogP contribution >= 0.6 is 0 Å². The van der Waals surface area contributed by atoms with Crippen molar-refractivity contribution < 1.29 is 0 Å². The van der Waals surface area contributed by atoms with Gasteiger partial charge in [0.1, 0.15) is 5.82 Å². The van der Waals surface area contributed by atoms with Gasteiger partial charge in [-0.3, -0.25) is 0 Å². The fraction of sp³-hybridized carbons (Fsp3) is 0.267. The molecule has 18 heavy (non-hydrogen) atoms. The molecule has 0 aliphatic heterocycles. The van der Waals surface area contributed by atoms with Gasteiger partial charge in [-0.05, 0) is 36.5 Å². The number of nitrogens with zero attached hydrogens (tertiary/aromatic N) is 1. The van der Waals surface area contributed by atoms with Crippen LogP contribution in [-0.4, -0.2) is 4.98 Å². The first-order chi connectivity index (χ1) is 8.66. The average Bonchev–Trinajstić information content (AvgIpc) is 2.40. The van der Waals surface area contributed by atoms with Gasteiger partial charge in [-0.2, -0.15) is 0 Å². The van der Waals surface area contributed by atoms with Gasteiger partial charge in [-0.25, -0.2) is 4.98 Å². The molecule has 1 atom stereocenters. The Hall–Kier alpha value is -1.87. The SMILES string of the molecule is Cc1cnc(N)c(CCC(N)c2ccccc2)c1. The lowest BCUT2D eigenvalue weighted by Gasteiger charge is -2.12. The summed E-state index contributed by atoms with van der Waals surface area (Å²) in [6.07, 6.45) is 3.52. The number of aromatic nitrogens is 1. The van der Waals surface area contributed by atoms with E-state index < -0.39 is 0 Å². The first kappa shape index (κ1) is 12.6. The zero-order chi connectivity index (χ0) is 13.0. The predicted molar refractivity (Wildman–Crippen MR) is 75.1 cm³/mol. The molecule has 0 aliphatic rings. The maximum atomic E-state index is 6.17. The van der Waals surface area contributed by atoms with E-state index in [-0.39, 0.29) is 6.04 Å². The van der Waals surface area contributed by atoms with Crippen LogP contribution in [0.2, 0.25) is 0 Å². The van der Waals surface area contributed by atoms with E-state index >= 15 is 0 Å². The lowest BCUT2D eigenvalue weighted by Crippen LogP contribution is -2.12. The van der Waals surface area contributed by atoms with Crippen LogP contribution in [0, 0.1) is 6.92 Å². The third-order valence-electron chi connectivity index (χ3n) is 3.09. The quantitative estimate of drug-likeness (QED) is 0.864. The molecule has 0 saturated heterocycles. The Kier molecular flexibility index (Phi) is 3.95. The number of hydrogen-bond donors (Lipinski definition) is 2. The minimum absolute atomic E-state index is 0.0473. The molecule has 0 bridgehead atoms. The number of benzene rings is 1. The average molecular weight is 241 g/mol. The summed E-state index contributed by atoms with van der Waals surface area (Å²) in [7, 11) is 0. The van der Waals surface area contributed by atoms with Gasteiger partial charge < -0.3 is 11.5 Å². The Morgan fingerprint density at radius 3 is 2.67 bits per heavy atom. The van der Waals surface area contributed by atoms with E-state index in [1.165, 1.54) is 0 Å². The highest BCUT2D eigenvalue weighted by Crippen LogP contribution is 2.19. The zero-order valence-corrected chi connectivity index (χ0v) is 10.6. The smallest absolute Gasteiger partial charge is 0.126 e. The number of anilines is 1. The molecule has 0 aliphatic carbocycles. The summed E-state index contributed by atoms with van der Waals surface area (Å²) in [6.45, 7) is 2.02. The van der Waals surface area contributed by atoms with Gasteiger partial charge in [-0.1, -0.05) is 36.4 Å². The van der Waals surface area contributed by atoms with Crippen LogP contribution in [0.15, 0.2) is 42.6 Å². The van der Waals surface area contributed by atoms with Crippen LogP contribution in [0.1, 0.15) is 29.2 Å². The summed E-state index contributed by atoms with van der Waals surface area (Å²) in [4.78, 5) is 4.17. The Morgan fingerprint density at radius 2 is 1.94 bits per heavy atom. The second-order valence-corrected chi connectivity index (χ2v) is 4.61. The van der Waals surface area contributed by atoms with Gasteiger partial charge in [0.05, 0.1) is 0 Å². The molecule has 0 amide bonds. The van der Waals surface area contributed by atoms with E-state index in [9.17, 15) is 0 Å². The molecule has 0 spiro atoms. The first-order valence-electron chi connectivity index (χ1n) is 6.18. The van der Waals surface area contributed by atoms with Crippen molar-refractivity contribution in [3.8, 4) is 0 Å². The summed E-state index contributed by atoms with van der Waals surface area (Å²) >= 11 is 0. The second kappa shape index (κ2) is 5.65. The summed E-state index contributed by atoms with van der Waals surface area (Å²) in [5.74, 6) is 0.612. The molecule has 94 valence electrons. The monoisotopic (exact) mass is 241 g/mol. The fourth-order valence-electron chi connectivity index (χ4n) is 2.02. The van der Waals surface area contributed by atoms with Crippen molar-refractivity contribution in [1.82, 2.24) is 4.98 Å². The topological polar surface area (TPSA) is 64.9 Å². The molecule has 1 aromatic carbocycles. The van der Waals surface area contributed by atoms with Crippen LogP contribution in [0.4, 0.5) is 5.82 Å². The molecule has 1 aromatic heterocycles. The number of nitrogen functional groups attached to an aromatic ring is 1. The molecule has 3 nitrogen and oxygen atoms in total. The number of nitrogens with two attached hydrogens (primary N) is 2. The van der Waals surface area contributed by atoms with Gasteiger partial charge >= 0.3 is 0 Å². The van der Waals surface area contributed by atoms with E-state index in [1.807, 2.05) is 25.1 Å². The first-order valence-corrected chi connectivity index (χ1v) is 6.18. The van der Waals surface area contributed by atoms with E-state index in [0.717, 1.165) is 29.5 Å². The lowest BCUT2D eigenvalue weighted by atomic mass is 9.99. The molecular formula is C15H19N3. The lowest BCUT2D eigenvalue weighted by molar-refractivity contribution is 0.651. The van der Waals surface area contributed by atoms with Crippen molar-refractivity contribution in [3.63, 3.8) is 0 Å². The highest BCUT2D eigenvalue weighted by atomic mass is 14.8. The number of rotatable bonds is 4. The molecule has 1 unspecified atom stereocenters. The Morgan fingerprint density at radius 1 is 1.22 bits per heavy atom. The largest absolute Gasteiger partial charge is 0.383 e. The van der Waals surface area contributed by atoms with E-state index in [2.05, 4.69) is 23.2 Å². The molecule has 0 fully saturated rings. The van der Waals surface area contributed by atoms with E-state index in [1.54, 1.807) is 6.20 Å². The van der Waals surface area contributed by atoms with Crippen molar-refractivity contribution in [1.29, 1.82) is 0 Å². The van der Waals surface area contributed by atoms with Crippen LogP contribution in [0.25, 0.3) is 0 Å². The van der Waals surface area contributed by atoms with Gasteiger partial charge in [0.25, 0.3) is 0 Å². The number of hydrogen-bond acceptors (Lipinski definition) is 3. The number of aryl methyl sites for hydroxylation is 2. The minimum atomic E-state index is 0.0473. The van der Waals surface area contributed by atoms with Crippen LogP contribution in [-0.2, 0) is 6.42 Å². The molecular weight excluding hydrogens is 222 g/mol. The van der Waals surface area contributed by atoms with Crippen LogP contribution in [0.5, 0.6) is 0 Å². The molecule has 3 heteroatoms. The highest BCUT2D eigenvalue weighted by Gasteiger charge is 2.07. The fourth-order valence-corrected chi connectivity index (χ4v) is 2.02. The third-order valence-corrected chi connectivity index (χ3v) is 3.09. The number of pyridine rings is 1. The Bertz CT molecular complexity index is 508. The molecule has 0 saturated carbocycles. The van der Waals surface area contributed by atoms with Crippen molar-refractivity contribution in [2.75, 3.05) is 5.73 Å². The Balaban J connectivity index is 2.01. The minimum Gasteiger partial charge on any atom is -0.383 e. The molecule has 2 rings (SSSR count). The van der Waals surface area contributed by atoms with Gasteiger partial charge in [-0.15, -0.1) is 0 Å². The maximum absolute atomic E-state index is 6.17. The summed E-state index contributed by atoms with van der Waals surface area (Å²) < 4.78 is 0. The van der Waals surface area contributed by atoms with Crippen molar-refractivity contribution in [3.05, 3.63) is 59.3 Å². The van der Waals surface area contributed by atoms with Crippen LogP contribution in [0.3, 0.4) is 0 Å². The molecule has 0 radical (unpaired) electrons. The van der Waals surface area contributed by atoms with Gasteiger partial charge in [0, 0.05) is 12.2 Å². The normalized spacial score (nSPS) is 12.3. The van der Waals surface area contributed by atoms with Crippen molar-refractivity contribution in [2.45, 2.75) is 25.8 Å². The standard InChI is InChI=1S/C15H19N3/c1-11-9-13(15(17)18-10-11)7-8-14(16)12-5-3-2-4-6-12/h2-6,9-10,14H,7-8,16H2,1H3,(H2,17,18). The molecule has 4 N–H and O–H groups in total. The third kappa shape index (κ3) is 3.08. The van der Waals surface area contributed by atoms with Crippen molar-refractivity contribution >= 4 is 5.82 Å². The maximum Gasteiger partial charge on any atom is 0.126 e. The van der Waals surface area contributed by atoms with Gasteiger partial charge in [0.2, 0.25) is 0 Å². The van der Waals surface area contributed by atoms with E-state index in [0.29, 0.717) is 5.82 Å². The zero-order valence-electron chi connectivity index (χ0n) is 10.6. The second-order valence-electron chi connectivity index (χ2n) is 4.61. The summed E-state index contributed by atoms with van der Waals surface area (Å²) in [5, 5.41) is 0. The van der Waals surface area contributed by atoms with Crippen molar-refractivity contribution in [2.24, 2.45) is 5.73 Å². The summed E-state index contributed by atoms with van der Waals surface area (Å²) in [6, 6.07) is 12.3. The Labute approximate surface area is 108 Å². The molecule has 1 heterocycles. The molecule has 2 aromatic rings. The highest BCUT2D eigenvalue weighted by molar-refractivity contribution is 5.40.